The first-order valence-electron chi connectivity index (χ1n) is 6.50. The van der Waals surface area contributed by atoms with Gasteiger partial charge in [-0.2, -0.15) is 0 Å². The highest BCUT2D eigenvalue weighted by molar-refractivity contribution is 14.1. The van der Waals surface area contributed by atoms with E-state index in [2.05, 4.69) is 27.9 Å². The molecule has 1 amide bonds. The van der Waals surface area contributed by atoms with Gasteiger partial charge in [-0.25, -0.2) is 0 Å². The van der Waals surface area contributed by atoms with Crippen LogP contribution in [0.15, 0.2) is 18.2 Å². The van der Waals surface area contributed by atoms with Crippen LogP contribution in [0.3, 0.4) is 0 Å². The summed E-state index contributed by atoms with van der Waals surface area (Å²) in [6.45, 7) is 2.72. The van der Waals surface area contributed by atoms with E-state index in [1.165, 1.54) is 0 Å². The van der Waals surface area contributed by atoms with Crippen molar-refractivity contribution >= 4 is 52.5 Å². The maximum atomic E-state index is 12.4. The van der Waals surface area contributed by atoms with E-state index in [0.717, 1.165) is 36.0 Å². The van der Waals surface area contributed by atoms with E-state index in [-0.39, 0.29) is 18.3 Å². The molecule has 0 unspecified atom stereocenters. The number of hydrogen-bond acceptors (Lipinski definition) is 2. The molecule has 1 saturated heterocycles. The summed E-state index contributed by atoms with van der Waals surface area (Å²) >= 11 is 8.24. The molecule has 3 nitrogen and oxygen atoms in total. The maximum Gasteiger partial charge on any atom is 0.253 e. The van der Waals surface area contributed by atoms with Crippen molar-refractivity contribution in [2.24, 2.45) is 5.92 Å². The summed E-state index contributed by atoms with van der Waals surface area (Å²) in [5, 5.41) is 3.85. The van der Waals surface area contributed by atoms with E-state index < -0.39 is 0 Å². The quantitative estimate of drug-likeness (QED) is 0.748. The molecule has 0 aromatic heterocycles. The standard InChI is InChI=1S/C14H18ClIN2O.ClH/c1-17-9-10-4-6-18(7-5-10)14(19)11-2-3-13(16)12(15)8-11;/h2-3,8,10,17H,4-7,9H2,1H3;1H. The molecule has 6 heteroatoms. The lowest BCUT2D eigenvalue weighted by Gasteiger charge is -2.32. The maximum absolute atomic E-state index is 12.4. The smallest absolute Gasteiger partial charge is 0.253 e. The molecule has 0 spiro atoms. The molecule has 1 heterocycles. The molecule has 0 bridgehead atoms. The second-order valence-corrected chi connectivity index (χ2v) is 6.49. The van der Waals surface area contributed by atoms with Gasteiger partial charge in [-0.15, -0.1) is 12.4 Å². The summed E-state index contributed by atoms with van der Waals surface area (Å²) < 4.78 is 0.976. The summed E-state index contributed by atoms with van der Waals surface area (Å²) in [6.07, 6.45) is 2.15. The summed E-state index contributed by atoms with van der Waals surface area (Å²) in [6, 6.07) is 5.52. The van der Waals surface area contributed by atoms with Crippen LogP contribution in [0.1, 0.15) is 23.2 Å². The third-order valence-corrected chi connectivity index (χ3v) is 5.13. The average Bonchev–Trinajstić information content (AvgIpc) is 2.42. The topological polar surface area (TPSA) is 32.3 Å². The number of carbonyl (C=O) groups excluding carboxylic acids is 1. The van der Waals surface area contributed by atoms with E-state index in [9.17, 15) is 4.79 Å². The molecule has 112 valence electrons. The van der Waals surface area contributed by atoms with Crippen molar-refractivity contribution < 1.29 is 4.79 Å². The number of nitrogens with one attached hydrogen (secondary N) is 1. The molecular weight excluding hydrogens is 410 g/mol. The van der Waals surface area contributed by atoms with Gasteiger partial charge in [0.25, 0.3) is 5.91 Å². The molecule has 0 saturated carbocycles. The minimum Gasteiger partial charge on any atom is -0.339 e. The van der Waals surface area contributed by atoms with Gasteiger partial charge in [0.15, 0.2) is 0 Å². The lowest BCUT2D eigenvalue weighted by atomic mass is 9.96. The number of halogens is 3. The molecule has 1 N–H and O–H groups in total. The molecule has 0 radical (unpaired) electrons. The number of carbonyl (C=O) groups is 1. The van der Waals surface area contributed by atoms with E-state index in [1.54, 1.807) is 6.07 Å². The molecule has 1 aromatic carbocycles. The van der Waals surface area contributed by atoms with Gasteiger partial charge in [0.05, 0.1) is 5.02 Å². The van der Waals surface area contributed by atoms with Crippen molar-refractivity contribution in [3.8, 4) is 0 Å². The zero-order valence-electron chi connectivity index (χ0n) is 11.4. The second-order valence-electron chi connectivity index (χ2n) is 4.92. The van der Waals surface area contributed by atoms with Crippen molar-refractivity contribution in [2.75, 3.05) is 26.7 Å². The minimum absolute atomic E-state index is 0. The molecule has 1 fully saturated rings. The van der Waals surface area contributed by atoms with Gasteiger partial charge in [0.2, 0.25) is 0 Å². The molecular formula is C14H19Cl2IN2O. The number of amides is 1. The van der Waals surface area contributed by atoms with Crippen molar-refractivity contribution in [1.82, 2.24) is 10.2 Å². The number of rotatable bonds is 3. The van der Waals surface area contributed by atoms with Crippen LogP contribution in [0.2, 0.25) is 5.02 Å². The third kappa shape index (κ3) is 4.48. The van der Waals surface area contributed by atoms with Crippen LogP contribution in [0, 0.1) is 9.49 Å². The van der Waals surface area contributed by atoms with Crippen LogP contribution < -0.4 is 5.32 Å². The fourth-order valence-electron chi connectivity index (χ4n) is 2.44. The monoisotopic (exact) mass is 428 g/mol. The van der Waals surface area contributed by atoms with Gasteiger partial charge in [-0.3, -0.25) is 4.79 Å². The fraction of sp³-hybridized carbons (Fsp3) is 0.500. The van der Waals surface area contributed by atoms with Crippen LogP contribution in [0.4, 0.5) is 0 Å². The first-order chi connectivity index (χ1) is 9.11. The Morgan fingerprint density at radius 3 is 2.65 bits per heavy atom. The van der Waals surface area contributed by atoms with E-state index in [1.807, 2.05) is 24.1 Å². The first-order valence-corrected chi connectivity index (χ1v) is 7.96. The normalized spacial score (nSPS) is 15.8. The first kappa shape index (κ1) is 18.0. The number of piperidine rings is 1. The minimum atomic E-state index is 0. The largest absolute Gasteiger partial charge is 0.339 e. The molecule has 0 aliphatic carbocycles. The zero-order valence-corrected chi connectivity index (χ0v) is 15.1. The van der Waals surface area contributed by atoms with Gasteiger partial charge < -0.3 is 10.2 Å². The summed E-state index contributed by atoms with van der Waals surface area (Å²) in [4.78, 5) is 14.3. The average molecular weight is 429 g/mol. The summed E-state index contributed by atoms with van der Waals surface area (Å²) in [5.41, 5.74) is 0.692. The number of benzene rings is 1. The van der Waals surface area contributed by atoms with Crippen molar-refractivity contribution in [3.63, 3.8) is 0 Å². The SMILES string of the molecule is CNCC1CCN(C(=O)c2ccc(I)c(Cl)c2)CC1.Cl. The van der Waals surface area contributed by atoms with Gasteiger partial charge in [0.1, 0.15) is 0 Å². The molecule has 0 atom stereocenters. The van der Waals surface area contributed by atoms with Crippen LogP contribution in [0.5, 0.6) is 0 Å². The summed E-state index contributed by atoms with van der Waals surface area (Å²) in [7, 11) is 1.98. The van der Waals surface area contributed by atoms with Crippen LogP contribution >= 0.6 is 46.6 Å². The van der Waals surface area contributed by atoms with Crippen molar-refractivity contribution in [2.45, 2.75) is 12.8 Å². The molecule has 1 aromatic rings. The Hall–Kier alpha value is -0.0400. The highest BCUT2D eigenvalue weighted by Crippen LogP contribution is 2.22. The van der Waals surface area contributed by atoms with Gasteiger partial charge >= 0.3 is 0 Å². The van der Waals surface area contributed by atoms with Crippen molar-refractivity contribution in [3.05, 3.63) is 32.4 Å². The summed E-state index contributed by atoms with van der Waals surface area (Å²) in [5.74, 6) is 0.788. The lowest BCUT2D eigenvalue weighted by Crippen LogP contribution is -2.40. The predicted molar refractivity (Wildman–Crippen MR) is 94.0 cm³/mol. The Balaban J connectivity index is 0.00000200. The molecule has 2 rings (SSSR count). The fourth-order valence-corrected chi connectivity index (χ4v) is 2.96. The molecule has 20 heavy (non-hydrogen) atoms. The second kappa shape index (κ2) is 8.41. The Bertz CT molecular complexity index is 462. The van der Waals surface area contributed by atoms with E-state index >= 15 is 0 Å². The van der Waals surface area contributed by atoms with Gasteiger partial charge in [-0.05, 0) is 73.1 Å². The Morgan fingerprint density at radius 2 is 2.10 bits per heavy atom. The number of likely N-dealkylation sites (tertiary alicyclic amines) is 1. The Labute approximate surface area is 145 Å². The van der Waals surface area contributed by atoms with E-state index in [0.29, 0.717) is 16.5 Å². The highest BCUT2D eigenvalue weighted by Gasteiger charge is 2.23. The number of hydrogen-bond donors (Lipinski definition) is 1. The number of nitrogens with zero attached hydrogens (tertiary/aromatic N) is 1. The highest BCUT2D eigenvalue weighted by atomic mass is 127. The lowest BCUT2D eigenvalue weighted by molar-refractivity contribution is 0.0691. The Morgan fingerprint density at radius 1 is 1.45 bits per heavy atom. The zero-order chi connectivity index (χ0) is 13.8. The Kier molecular flexibility index (Phi) is 7.58. The third-order valence-electron chi connectivity index (χ3n) is 3.56. The predicted octanol–water partition coefficient (Wildman–Crippen LogP) is 3.44. The molecule has 1 aliphatic rings. The van der Waals surface area contributed by atoms with Crippen LogP contribution in [0.25, 0.3) is 0 Å². The van der Waals surface area contributed by atoms with E-state index in [4.69, 9.17) is 11.6 Å². The van der Waals surface area contributed by atoms with Crippen LogP contribution in [-0.2, 0) is 0 Å². The van der Waals surface area contributed by atoms with Crippen LogP contribution in [-0.4, -0.2) is 37.5 Å². The van der Waals surface area contributed by atoms with Crippen molar-refractivity contribution in [1.29, 1.82) is 0 Å². The van der Waals surface area contributed by atoms with Gasteiger partial charge in [0, 0.05) is 22.2 Å². The molecule has 1 aliphatic heterocycles. The van der Waals surface area contributed by atoms with Gasteiger partial charge in [-0.1, -0.05) is 11.6 Å².